The number of ether oxygens (including phenoxy) is 1. The van der Waals surface area contributed by atoms with Crippen LogP contribution in [0.4, 0.5) is 20.6 Å². The van der Waals surface area contributed by atoms with Gasteiger partial charge in [-0.2, -0.15) is 0 Å². The Morgan fingerprint density at radius 1 is 1.24 bits per heavy atom. The van der Waals surface area contributed by atoms with Gasteiger partial charge in [0.05, 0.1) is 17.9 Å². The van der Waals surface area contributed by atoms with Gasteiger partial charge in [0.25, 0.3) is 0 Å². The van der Waals surface area contributed by atoms with Gasteiger partial charge in [-0.05, 0) is 43.9 Å². The van der Waals surface area contributed by atoms with Gasteiger partial charge >= 0.3 is 6.09 Å². The Balaban J connectivity index is 1.62. The van der Waals surface area contributed by atoms with Crippen LogP contribution >= 0.6 is 0 Å². The van der Waals surface area contributed by atoms with Crippen molar-refractivity contribution in [3.05, 3.63) is 24.0 Å². The molecule has 2 saturated heterocycles. The predicted octanol–water partition coefficient (Wildman–Crippen LogP) is 3.65. The molecule has 1 amide bonds. The standard InChI is InChI=1S/C21H29FN2O4S/c1-2-5-17(25)7-8-18-15-24(21(26)28-18)16-6-9-20(19(22)14-16)23-10-3-12-29(27)13-4-11-23/h6,9,14,18H,2-5,7-8,10-13,15H2,1H3/t18-/m0/s1. The lowest BCUT2D eigenvalue weighted by atomic mass is 10.1. The molecule has 0 unspecified atom stereocenters. The van der Waals surface area contributed by atoms with Gasteiger partial charge in [0.2, 0.25) is 0 Å². The molecule has 2 heterocycles. The minimum absolute atomic E-state index is 0.175. The second kappa shape index (κ2) is 10.2. The smallest absolute Gasteiger partial charge is 0.414 e. The molecule has 1 atom stereocenters. The van der Waals surface area contributed by atoms with Crippen LogP contribution in [0.15, 0.2) is 18.2 Å². The highest BCUT2D eigenvalue weighted by Gasteiger charge is 2.33. The summed E-state index contributed by atoms with van der Waals surface area (Å²) in [5.74, 6) is 1.10. The predicted molar refractivity (Wildman–Crippen MR) is 112 cm³/mol. The van der Waals surface area contributed by atoms with E-state index in [1.54, 1.807) is 12.1 Å². The number of halogens is 1. The Morgan fingerprint density at radius 2 is 1.97 bits per heavy atom. The number of ketones is 1. The fraction of sp³-hybridized carbons (Fsp3) is 0.619. The van der Waals surface area contributed by atoms with Crippen LogP contribution in [-0.4, -0.2) is 53.3 Å². The van der Waals surface area contributed by atoms with Gasteiger partial charge in [-0.1, -0.05) is 6.92 Å². The summed E-state index contributed by atoms with van der Waals surface area (Å²) < 4.78 is 31.9. The highest BCUT2D eigenvalue weighted by atomic mass is 32.2. The Hall–Kier alpha value is -1.96. The third-order valence-corrected chi connectivity index (χ3v) is 6.82. The molecule has 0 spiro atoms. The van der Waals surface area contributed by atoms with Crippen LogP contribution in [0, 0.1) is 5.82 Å². The van der Waals surface area contributed by atoms with Crippen molar-refractivity contribution >= 4 is 34.1 Å². The van der Waals surface area contributed by atoms with E-state index in [2.05, 4.69) is 0 Å². The molecule has 0 radical (unpaired) electrons. The fourth-order valence-electron chi connectivity index (χ4n) is 3.82. The summed E-state index contributed by atoms with van der Waals surface area (Å²) in [4.78, 5) is 27.3. The summed E-state index contributed by atoms with van der Waals surface area (Å²) in [6.07, 6.45) is 2.94. The van der Waals surface area contributed by atoms with Crippen LogP contribution in [0.5, 0.6) is 0 Å². The lowest BCUT2D eigenvalue weighted by molar-refractivity contribution is -0.119. The summed E-state index contributed by atoms with van der Waals surface area (Å²) in [6.45, 7) is 3.62. The van der Waals surface area contributed by atoms with Gasteiger partial charge in [-0.3, -0.25) is 13.9 Å². The van der Waals surface area contributed by atoms with E-state index in [4.69, 9.17) is 4.74 Å². The molecule has 0 N–H and O–H groups in total. The second-order valence-corrected chi connectivity index (χ2v) is 9.32. The molecule has 1 aromatic rings. The zero-order valence-corrected chi connectivity index (χ0v) is 17.7. The van der Waals surface area contributed by atoms with Crippen molar-refractivity contribution in [2.45, 2.75) is 51.6 Å². The number of cyclic esters (lactones) is 1. The maximum absolute atomic E-state index is 14.8. The number of nitrogens with zero attached hydrogens (tertiary/aromatic N) is 2. The van der Waals surface area contributed by atoms with Gasteiger partial charge in [-0.15, -0.1) is 0 Å². The van der Waals surface area contributed by atoms with E-state index in [-0.39, 0.29) is 17.7 Å². The SMILES string of the molecule is CCCC(=O)CC[C@H]1CN(c2ccc(N3CCCS(=O)CCC3)c(F)c2)C(=O)O1. The first-order valence-electron chi connectivity index (χ1n) is 10.4. The van der Waals surface area contributed by atoms with Crippen LogP contribution in [0.3, 0.4) is 0 Å². The maximum atomic E-state index is 14.8. The number of rotatable bonds is 7. The number of benzene rings is 1. The summed E-state index contributed by atoms with van der Waals surface area (Å²) in [6, 6.07) is 4.81. The summed E-state index contributed by atoms with van der Waals surface area (Å²) in [5.41, 5.74) is 0.975. The van der Waals surface area contributed by atoms with Crippen LogP contribution < -0.4 is 9.80 Å². The Kier molecular flexibility index (Phi) is 7.64. The van der Waals surface area contributed by atoms with Gasteiger partial charge in [0.1, 0.15) is 17.7 Å². The number of hydrogen-bond acceptors (Lipinski definition) is 5. The summed E-state index contributed by atoms with van der Waals surface area (Å²) >= 11 is 0. The number of anilines is 2. The van der Waals surface area contributed by atoms with Crippen molar-refractivity contribution < 1.29 is 22.9 Å². The molecule has 29 heavy (non-hydrogen) atoms. The van der Waals surface area contributed by atoms with Crippen LogP contribution in [-0.2, 0) is 20.3 Å². The van der Waals surface area contributed by atoms with Crippen molar-refractivity contribution in [3.8, 4) is 0 Å². The van der Waals surface area contributed by atoms with E-state index < -0.39 is 16.9 Å². The zero-order chi connectivity index (χ0) is 20.8. The van der Waals surface area contributed by atoms with E-state index >= 15 is 0 Å². The minimum atomic E-state index is -0.764. The first-order chi connectivity index (χ1) is 14.0. The molecule has 2 aliphatic heterocycles. The molecule has 0 bridgehead atoms. The molecule has 160 valence electrons. The van der Waals surface area contributed by atoms with Crippen LogP contribution in [0.25, 0.3) is 0 Å². The van der Waals surface area contributed by atoms with E-state index in [1.165, 1.54) is 11.0 Å². The van der Waals surface area contributed by atoms with E-state index in [0.717, 1.165) is 19.3 Å². The lowest BCUT2D eigenvalue weighted by Gasteiger charge is -2.27. The normalized spacial score (nSPS) is 21.0. The zero-order valence-electron chi connectivity index (χ0n) is 16.9. The first kappa shape index (κ1) is 21.7. The molecular weight excluding hydrogens is 395 g/mol. The molecule has 3 rings (SSSR count). The van der Waals surface area contributed by atoms with Crippen molar-refractivity contribution in [2.75, 3.05) is 40.9 Å². The van der Waals surface area contributed by atoms with E-state index in [1.807, 2.05) is 11.8 Å². The van der Waals surface area contributed by atoms with Gasteiger partial charge in [-0.25, -0.2) is 9.18 Å². The third kappa shape index (κ3) is 5.78. The summed E-state index contributed by atoms with van der Waals surface area (Å²) in [5, 5.41) is 0. The molecule has 6 nitrogen and oxygen atoms in total. The summed E-state index contributed by atoms with van der Waals surface area (Å²) in [7, 11) is -0.764. The second-order valence-electron chi connectivity index (χ2n) is 7.62. The minimum Gasteiger partial charge on any atom is -0.444 e. The molecule has 0 aliphatic carbocycles. The number of carbonyl (C=O) groups excluding carboxylic acids is 2. The van der Waals surface area contributed by atoms with Crippen molar-refractivity contribution in [2.24, 2.45) is 0 Å². The Labute approximate surface area is 173 Å². The van der Waals surface area contributed by atoms with Crippen molar-refractivity contribution in [1.29, 1.82) is 0 Å². The highest BCUT2D eigenvalue weighted by Crippen LogP contribution is 2.29. The fourth-order valence-corrected chi connectivity index (χ4v) is 4.92. The molecule has 2 aliphatic rings. The first-order valence-corrected chi connectivity index (χ1v) is 11.9. The average Bonchev–Trinajstić information content (AvgIpc) is 3.04. The van der Waals surface area contributed by atoms with Crippen molar-refractivity contribution in [3.63, 3.8) is 0 Å². The van der Waals surface area contributed by atoms with Crippen LogP contribution in [0.2, 0.25) is 0 Å². The maximum Gasteiger partial charge on any atom is 0.414 e. The van der Waals surface area contributed by atoms with Crippen molar-refractivity contribution in [1.82, 2.24) is 0 Å². The van der Waals surface area contributed by atoms with E-state index in [9.17, 15) is 18.2 Å². The molecule has 1 aromatic carbocycles. The number of hydrogen-bond donors (Lipinski definition) is 0. The highest BCUT2D eigenvalue weighted by molar-refractivity contribution is 7.84. The third-order valence-electron chi connectivity index (χ3n) is 5.33. The Bertz CT molecular complexity index is 761. The lowest BCUT2D eigenvalue weighted by Crippen LogP contribution is -2.31. The monoisotopic (exact) mass is 424 g/mol. The molecule has 8 heteroatoms. The Morgan fingerprint density at radius 3 is 2.62 bits per heavy atom. The van der Waals surface area contributed by atoms with Crippen LogP contribution in [0.1, 0.15) is 45.4 Å². The molecule has 0 saturated carbocycles. The number of amides is 1. The average molecular weight is 425 g/mol. The van der Waals surface area contributed by atoms with Gasteiger partial charge < -0.3 is 9.64 Å². The largest absolute Gasteiger partial charge is 0.444 e. The van der Waals surface area contributed by atoms with Gasteiger partial charge in [0.15, 0.2) is 0 Å². The molecular formula is C21H29FN2O4S. The number of Topliss-reactive ketones (excluding diaryl/α,β-unsaturated/α-hetero) is 1. The van der Waals surface area contributed by atoms with Gasteiger partial charge in [0, 0.05) is 48.2 Å². The quantitative estimate of drug-likeness (QED) is 0.668. The molecule has 2 fully saturated rings. The topological polar surface area (TPSA) is 66.9 Å². The molecule has 0 aromatic heterocycles. The number of carbonyl (C=O) groups is 2. The van der Waals surface area contributed by atoms with E-state index in [0.29, 0.717) is 61.8 Å².